The van der Waals surface area contributed by atoms with E-state index in [9.17, 15) is 4.39 Å². The SMILES string of the molecule is Cc1cc2c(cc1F)nc(CCl)n2CCN(C)C. The molecule has 0 unspecified atom stereocenters. The smallest absolute Gasteiger partial charge is 0.128 e. The van der Waals surface area contributed by atoms with Gasteiger partial charge in [-0.2, -0.15) is 0 Å². The fourth-order valence-electron chi connectivity index (χ4n) is 1.95. The van der Waals surface area contributed by atoms with E-state index in [0.717, 1.165) is 24.4 Å². The van der Waals surface area contributed by atoms with Gasteiger partial charge in [0.25, 0.3) is 0 Å². The zero-order valence-corrected chi connectivity index (χ0v) is 11.6. The second-order valence-corrected chi connectivity index (χ2v) is 4.97. The van der Waals surface area contributed by atoms with Gasteiger partial charge >= 0.3 is 0 Å². The van der Waals surface area contributed by atoms with E-state index in [1.54, 1.807) is 6.92 Å². The Hall–Kier alpha value is -1.13. The van der Waals surface area contributed by atoms with Crippen molar-refractivity contribution in [3.05, 3.63) is 29.3 Å². The van der Waals surface area contributed by atoms with Crippen molar-refractivity contribution in [2.24, 2.45) is 0 Å². The Labute approximate surface area is 111 Å². The minimum absolute atomic E-state index is 0.221. The average Bonchev–Trinajstić information content (AvgIpc) is 2.64. The van der Waals surface area contributed by atoms with E-state index in [0.29, 0.717) is 17.0 Å². The van der Waals surface area contributed by atoms with Crippen LogP contribution in [0.15, 0.2) is 12.1 Å². The van der Waals surface area contributed by atoms with Crippen LogP contribution in [0.3, 0.4) is 0 Å². The molecule has 2 aromatic rings. The Morgan fingerprint density at radius 1 is 1.39 bits per heavy atom. The predicted octanol–water partition coefficient (Wildman–Crippen LogP) is 2.78. The highest BCUT2D eigenvalue weighted by atomic mass is 35.5. The highest BCUT2D eigenvalue weighted by molar-refractivity contribution is 6.16. The summed E-state index contributed by atoms with van der Waals surface area (Å²) in [4.78, 5) is 6.48. The number of rotatable bonds is 4. The minimum Gasteiger partial charge on any atom is -0.326 e. The monoisotopic (exact) mass is 269 g/mol. The quantitative estimate of drug-likeness (QED) is 0.796. The van der Waals surface area contributed by atoms with E-state index in [-0.39, 0.29) is 5.82 Å². The first kappa shape index (κ1) is 13.3. The molecule has 2 rings (SSSR count). The van der Waals surface area contributed by atoms with Gasteiger partial charge in [0.05, 0.1) is 16.9 Å². The van der Waals surface area contributed by atoms with Gasteiger partial charge in [-0.15, -0.1) is 11.6 Å². The van der Waals surface area contributed by atoms with Crippen LogP contribution in [0.1, 0.15) is 11.4 Å². The number of aromatic nitrogens is 2. The Kier molecular flexibility index (Phi) is 3.88. The van der Waals surface area contributed by atoms with E-state index >= 15 is 0 Å². The molecular formula is C13H17ClFN3. The fraction of sp³-hybridized carbons (Fsp3) is 0.462. The van der Waals surface area contributed by atoms with Crippen LogP contribution in [0.5, 0.6) is 0 Å². The topological polar surface area (TPSA) is 21.1 Å². The summed E-state index contributed by atoms with van der Waals surface area (Å²) in [6, 6.07) is 3.32. The predicted molar refractivity (Wildman–Crippen MR) is 72.5 cm³/mol. The summed E-state index contributed by atoms with van der Waals surface area (Å²) in [5.74, 6) is 0.905. The third-order valence-electron chi connectivity index (χ3n) is 3.00. The number of hydrogen-bond acceptors (Lipinski definition) is 2. The van der Waals surface area contributed by atoms with Gasteiger partial charge in [0, 0.05) is 19.2 Å². The van der Waals surface area contributed by atoms with Gasteiger partial charge < -0.3 is 9.47 Å². The van der Waals surface area contributed by atoms with Crippen molar-refractivity contribution in [2.45, 2.75) is 19.3 Å². The highest BCUT2D eigenvalue weighted by Gasteiger charge is 2.12. The average molecular weight is 270 g/mol. The van der Waals surface area contributed by atoms with Crippen molar-refractivity contribution in [1.82, 2.24) is 14.5 Å². The maximum Gasteiger partial charge on any atom is 0.128 e. The summed E-state index contributed by atoms with van der Waals surface area (Å²) >= 11 is 5.91. The number of aryl methyl sites for hydroxylation is 1. The molecule has 0 atom stereocenters. The molecule has 0 N–H and O–H groups in total. The van der Waals surface area contributed by atoms with Gasteiger partial charge in [0.15, 0.2) is 0 Å². The zero-order valence-electron chi connectivity index (χ0n) is 10.9. The lowest BCUT2D eigenvalue weighted by molar-refractivity contribution is 0.384. The molecule has 0 aliphatic heterocycles. The Morgan fingerprint density at radius 2 is 2.11 bits per heavy atom. The summed E-state index contributed by atoms with van der Waals surface area (Å²) in [6.07, 6.45) is 0. The lowest BCUT2D eigenvalue weighted by atomic mass is 10.2. The Balaban J connectivity index is 2.50. The van der Waals surface area contributed by atoms with Crippen molar-refractivity contribution in [2.75, 3.05) is 20.6 Å². The summed E-state index contributed by atoms with van der Waals surface area (Å²) < 4.78 is 15.6. The van der Waals surface area contributed by atoms with Crippen molar-refractivity contribution in [3.63, 3.8) is 0 Å². The summed E-state index contributed by atoms with van der Waals surface area (Å²) in [5, 5.41) is 0. The second-order valence-electron chi connectivity index (χ2n) is 4.71. The van der Waals surface area contributed by atoms with E-state index < -0.39 is 0 Å². The summed E-state index contributed by atoms with van der Waals surface area (Å²) in [6.45, 7) is 3.46. The minimum atomic E-state index is -0.221. The van der Waals surface area contributed by atoms with E-state index in [1.165, 1.54) is 6.07 Å². The molecule has 1 aromatic heterocycles. The van der Waals surface area contributed by atoms with Gasteiger partial charge in [-0.3, -0.25) is 0 Å². The molecule has 3 nitrogen and oxygen atoms in total. The van der Waals surface area contributed by atoms with E-state index in [4.69, 9.17) is 11.6 Å². The van der Waals surface area contributed by atoms with E-state index in [1.807, 2.05) is 20.2 Å². The van der Waals surface area contributed by atoms with Crippen LogP contribution in [-0.4, -0.2) is 35.1 Å². The maximum absolute atomic E-state index is 13.5. The molecule has 0 aliphatic carbocycles. The number of likely N-dealkylation sites (N-methyl/N-ethyl adjacent to an activating group) is 1. The number of halogens is 2. The summed E-state index contributed by atoms with van der Waals surface area (Å²) in [5.41, 5.74) is 2.26. The first-order valence-electron chi connectivity index (χ1n) is 5.89. The number of alkyl halides is 1. The lowest BCUT2D eigenvalue weighted by Gasteiger charge is -2.12. The normalized spacial score (nSPS) is 11.7. The maximum atomic E-state index is 13.5. The third-order valence-corrected chi connectivity index (χ3v) is 3.24. The first-order valence-corrected chi connectivity index (χ1v) is 6.42. The molecule has 0 spiro atoms. The van der Waals surface area contributed by atoms with E-state index in [2.05, 4.69) is 14.5 Å². The molecule has 0 saturated carbocycles. The van der Waals surface area contributed by atoms with Crippen LogP contribution in [0.25, 0.3) is 11.0 Å². The van der Waals surface area contributed by atoms with Crippen LogP contribution in [0, 0.1) is 12.7 Å². The molecule has 18 heavy (non-hydrogen) atoms. The van der Waals surface area contributed by atoms with Gasteiger partial charge in [-0.05, 0) is 32.6 Å². The van der Waals surface area contributed by atoms with Gasteiger partial charge in [-0.25, -0.2) is 9.37 Å². The zero-order chi connectivity index (χ0) is 13.3. The number of imidazole rings is 1. The highest BCUT2D eigenvalue weighted by Crippen LogP contribution is 2.21. The van der Waals surface area contributed by atoms with Crippen LogP contribution < -0.4 is 0 Å². The van der Waals surface area contributed by atoms with Crippen molar-refractivity contribution in [1.29, 1.82) is 0 Å². The molecule has 0 bridgehead atoms. The summed E-state index contributed by atoms with van der Waals surface area (Å²) in [7, 11) is 4.04. The molecule has 1 heterocycles. The van der Waals surface area contributed by atoms with Crippen LogP contribution in [0.2, 0.25) is 0 Å². The third kappa shape index (κ3) is 2.49. The molecular weight excluding hydrogens is 253 g/mol. The lowest BCUT2D eigenvalue weighted by Crippen LogP contribution is -2.19. The standard InChI is InChI=1S/C13H17ClFN3/c1-9-6-12-11(7-10(9)15)16-13(8-14)18(12)5-4-17(2)3/h6-7H,4-5,8H2,1-3H3. The molecule has 0 fully saturated rings. The molecule has 0 radical (unpaired) electrons. The molecule has 1 aromatic carbocycles. The first-order chi connectivity index (χ1) is 8.52. The fourth-order valence-corrected chi connectivity index (χ4v) is 2.16. The van der Waals surface area contributed by atoms with Crippen molar-refractivity contribution < 1.29 is 4.39 Å². The second kappa shape index (κ2) is 5.24. The Bertz CT molecular complexity index is 563. The largest absolute Gasteiger partial charge is 0.326 e. The van der Waals surface area contributed by atoms with Gasteiger partial charge in [-0.1, -0.05) is 0 Å². The molecule has 0 aliphatic rings. The number of fused-ring (bicyclic) bond motifs is 1. The van der Waals surface area contributed by atoms with Crippen LogP contribution in [0.4, 0.5) is 4.39 Å². The Morgan fingerprint density at radius 3 is 2.72 bits per heavy atom. The molecule has 98 valence electrons. The molecule has 5 heteroatoms. The number of nitrogens with zero attached hydrogens (tertiary/aromatic N) is 3. The van der Waals surface area contributed by atoms with Gasteiger partial charge in [0.1, 0.15) is 11.6 Å². The van der Waals surface area contributed by atoms with Crippen LogP contribution in [-0.2, 0) is 12.4 Å². The number of benzene rings is 1. The van der Waals surface area contributed by atoms with Gasteiger partial charge in [0.2, 0.25) is 0 Å². The number of hydrogen-bond donors (Lipinski definition) is 0. The molecule has 0 amide bonds. The van der Waals surface area contributed by atoms with Crippen LogP contribution >= 0.6 is 11.6 Å². The molecule has 0 saturated heterocycles. The van der Waals surface area contributed by atoms with Crippen molar-refractivity contribution in [3.8, 4) is 0 Å². The van der Waals surface area contributed by atoms with Crippen molar-refractivity contribution >= 4 is 22.6 Å².